The molecule has 4 rings (SSSR count). The summed E-state index contributed by atoms with van der Waals surface area (Å²) in [6.45, 7) is 1.69. The Bertz CT molecular complexity index is 1770. The van der Waals surface area contributed by atoms with Crippen molar-refractivity contribution < 1.29 is 18.5 Å². The third kappa shape index (κ3) is 5.85. The van der Waals surface area contributed by atoms with E-state index in [2.05, 4.69) is 21.6 Å². The molecule has 4 aromatic rings. The molecule has 1 atom stereocenters. The SMILES string of the molecule is COc1cc(C#N)ccc1Oc1nnc(-c2ccc(C#N)cc2)c(C)c1C(=O)Nc1cccc([S@](C)(=N)=O)c1. The van der Waals surface area contributed by atoms with E-state index in [0.29, 0.717) is 33.6 Å². The number of hydrogen-bond acceptors (Lipinski definition) is 9. The van der Waals surface area contributed by atoms with Crippen molar-refractivity contribution in [1.82, 2.24) is 10.2 Å². The summed E-state index contributed by atoms with van der Waals surface area (Å²) in [6.07, 6.45) is 1.30. The van der Waals surface area contributed by atoms with Crippen LogP contribution in [0.25, 0.3) is 11.3 Å². The van der Waals surface area contributed by atoms with Crippen LogP contribution in [-0.4, -0.2) is 33.7 Å². The smallest absolute Gasteiger partial charge is 0.261 e. The molecule has 10 nitrogen and oxygen atoms in total. The highest BCUT2D eigenvalue weighted by Gasteiger charge is 2.24. The van der Waals surface area contributed by atoms with E-state index < -0.39 is 15.6 Å². The minimum absolute atomic E-state index is 0.0734. The third-order valence-corrected chi connectivity index (χ3v) is 6.89. The van der Waals surface area contributed by atoms with Crippen LogP contribution in [0, 0.1) is 34.4 Å². The summed E-state index contributed by atoms with van der Waals surface area (Å²) in [4.78, 5) is 13.9. The van der Waals surface area contributed by atoms with Crippen molar-refractivity contribution in [2.75, 3.05) is 18.7 Å². The number of carbonyl (C=O) groups is 1. The first-order valence-electron chi connectivity index (χ1n) is 11.4. The van der Waals surface area contributed by atoms with E-state index in [1.54, 1.807) is 49.4 Å². The number of ether oxygens (including phenoxy) is 2. The van der Waals surface area contributed by atoms with Crippen LogP contribution < -0.4 is 14.8 Å². The van der Waals surface area contributed by atoms with E-state index in [9.17, 15) is 14.3 Å². The topological polar surface area (TPSA) is 162 Å². The van der Waals surface area contributed by atoms with Gasteiger partial charge in [-0.2, -0.15) is 10.5 Å². The molecule has 3 aromatic carbocycles. The minimum atomic E-state index is -3.00. The molecule has 0 spiro atoms. The molecule has 1 aromatic heterocycles. The lowest BCUT2D eigenvalue weighted by molar-refractivity contribution is 0.102. The molecule has 11 heteroatoms. The number of hydrogen-bond donors (Lipinski definition) is 2. The van der Waals surface area contributed by atoms with E-state index >= 15 is 0 Å². The van der Waals surface area contributed by atoms with Gasteiger partial charge in [0.2, 0.25) is 0 Å². The fourth-order valence-corrected chi connectivity index (χ4v) is 4.44. The Labute approximate surface area is 225 Å². The highest BCUT2D eigenvalue weighted by atomic mass is 32.2. The van der Waals surface area contributed by atoms with Crippen molar-refractivity contribution in [3.63, 3.8) is 0 Å². The molecular weight excluding hydrogens is 516 g/mol. The summed E-state index contributed by atoms with van der Waals surface area (Å²) < 4.78 is 31.4. The van der Waals surface area contributed by atoms with Gasteiger partial charge in [0.05, 0.1) is 45.8 Å². The van der Waals surface area contributed by atoms with Crippen LogP contribution in [0.2, 0.25) is 0 Å². The number of benzene rings is 3. The van der Waals surface area contributed by atoms with Crippen LogP contribution in [0.15, 0.2) is 71.6 Å². The van der Waals surface area contributed by atoms with E-state index in [1.807, 2.05) is 6.07 Å². The number of amides is 1. The van der Waals surface area contributed by atoms with Crippen molar-refractivity contribution >= 4 is 21.3 Å². The number of carbonyl (C=O) groups excluding carboxylic acids is 1. The van der Waals surface area contributed by atoms with Crippen molar-refractivity contribution in [3.8, 4) is 40.8 Å². The Morgan fingerprint density at radius 1 is 0.974 bits per heavy atom. The van der Waals surface area contributed by atoms with E-state index in [1.165, 1.54) is 37.6 Å². The van der Waals surface area contributed by atoms with E-state index in [-0.39, 0.29) is 27.8 Å². The quantitative estimate of drug-likeness (QED) is 0.321. The summed E-state index contributed by atoms with van der Waals surface area (Å²) in [6, 6.07) is 21.6. The fourth-order valence-electron chi connectivity index (χ4n) is 3.75. The molecule has 194 valence electrons. The van der Waals surface area contributed by atoms with Gasteiger partial charge >= 0.3 is 0 Å². The molecule has 1 heterocycles. The fraction of sp³-hybridized carbons (Fsp3) is 0.107. The second-order valence-electron chi connectivity index (χ2n) is 8.45. The maximum absolute atomic E-state index is 13.7. The van der Waals surface area contributed by atoms with Gasteiger partial charge in [-0.1, -0.05) is 18.2 Å². The van der Waals surface area contributed by atoms with E-state index in [0.717, 1.165) is 0 Å². The number of rotatable bonds is 7. The van der Waals surface area contributed by atoms with Crippen molar-refractivity contribution in [2.45, 2.75) is 11.8 Å². The summed E-state index contributed by atoms with van der Waals surface area (Å²) >= 11 is 0. The highest BCUT2D eigenvalue weighted by molar-refractivity contribution is 7.91. The lowest BCUT2D eigenvalue weighted by atomic mass is 10.0. The van der Waals surface area contributed by atoms with Crippen molar-refractivity contribution in [3.05, 3.63) is 89.0 Å². The van der Waals surface area contributed by atoms with Gasteiger partial charge in [-0.3, -0.25) is 4.79 Å². The Kier molecular flexibility index (Phi) is 7.56. The number of anilines is 1. The Morgan fingerprint density at radius 3 is 2.31 bits per heavy atom. The summed E-state index contributed by atoms with van der Waals surface area (Å²) in [5.41, 5.74) is 2.72. The van der Waals surface area contributed by atoms with Crippen LogP contribution in [0.4, 0.5) is 5.69 Å². The molecule has 39 heavy (non-hydrogen) atoms. The third-order valence-electron chi connectivity index (χ3n) is 5.74. The second-order valence-corrected chi connectivity index (χ2v) is 10.6. The summed E-state index contributed by atoms with van der Waals surface area (Å²) in [7, 11) is -1.58. The van der Waals surface area contributed by atoms with E-state index in [4.69, 9.17) is 19.5 Å². The molecule has 0 saturated heterocycles. The maximum atomic E-state index is 13.7. The monoisotopic (exact) mass is 538 g/mol. The second kappa shape index (κ2) is 11.0. The molecule has 0 aliphatic rings. The maximum Gasteiger partial charge on any atom is 0.261 e. The number of aromatic nitrogens is 2. The van der Waals surface area contributed by atoms with Gasteiger partial charge in [0.15, 0.2) is 11.5 Å². The predicted molar refractivity (Wildman–Crippen MR) is 144 cm³/mol. The molecule has 0 aliphatic carbocycles. The Morgan fingerprint density at radius 2 is 1.67 bits per heavy atom. The normalized spacial score (nSPS) is 11.9. The molecule has 1 amide bonds. The van der Waals surface area contributed by atoms with Crippen LogP contribution in [0.5, 0.6) is 17.4 Å². The number of nitrogens with one attached hydrogen (secondary N) is 2. The molecule has 2 N–H and O–H groups in total. The first-order valence-corrected chi connectivity index (χ1v) is 13.4. The van der Waals surface area contributed by atoms with Crippen LogP contribution in [-0.2, 0) is 9.73 Å². The van der Waals surface area contributed by atoms with Crippen LogP contribution >= 0.6 is 0 Å². The van der Waals surface area contributed by atoms with Gasteiger partial charge in [-0.05, 0) is 55.0 Å². The Hall–Kier alpha value is -5.26. The van der Waals surface area contributed by atoms with Gasteiger partial charge in [-0.25, -0.2) is 8.99 Å². The standard InChI is InChI=1S/C28H22N6O4S/c1-17-25(27(35)32-21-5-4-6-22(14-21)39(3,31)36)28(38-23-12-9-19(16-30)13-24(23)37-2)34-33-26(17)20-10-7-18(15-29)8-11-20/h4-14,31H,1-3H3,(H,32,35)/t39-/m1/s1. The Balaban J connectivity index is 1.82. The van der Waals surface area contributed by atoms with Crippen LogP contribution in [0.3, 0.4) is 0 Å². The molecule has 0 radical (unpaired) electrons. The largest absolute Gasteiger partial charge is 0.493 e. The lowest BCUT2D eigenvalue weighted by Crippen LogP contribution is -2.17. The first kappa shape index (κ1) is 26.8. The molecule has 0 fully saturated rings. The molecule has 0 saturated carbocycles. The summed E-state index contributed by atoms with van der Waals surface area (Å²) in [5, 5.41) is 29.6. The van der Waals surface area contributed by atoms with Gasteiger partial charge < -0.3 is 14.8 Å². The van der Waals surface area contributed by atoms with Gasteiger partial charge in [0.25, 0.3) is 11.8 Å². The average Bonchev–Trinajstić information content (AvgIpc) is 2.93. The van der Waals surface area contributed by atoms with Gasteiger partial charge in [-0.15, -0.1) is 10.2 Å². The zero-order valence-corrected chi connectivity index (χ0v) is 22.0. The highest BCUT2D eigenvalue weighted by Crippen LogP contribution is 2.35. The zero-order valence-electron chi connectivity index (χ0n) is 21.2. The van der Waals surface area contributed by atoms with Crippen molar-refractivity contribution in [2.24, 2.45) is 0 Å². The zero-order chi connectivity index (χ0) is 28.2. The number of nitrogens with zero attached hydrogens (tertiary/aromatic N) is 4. The predicted octanol–water partition coefficient (Wildman–Crippen LogP) is 5.28. The van der Waals surface area contributed by atoms with Crippen LogP contribution in [0.1, 0.15) is 27.0 Å². The lowest BCUT2D eigenvalue weighted by Gasteiger charge is -2.16. The van der Waals surface area contributed by atoms with Crippen molar-refractivity contribution in [1.29, 1.82) is 15.3 Å². The molecular formula is C28H22N6O4S. The number of methoxy groups -OCH3 is 1. The molecule has 0 aliphatic heterocycles. The summed E-state index contributed by atoms with van der Waals surface area (Å²) in [5.74, 6) is -0.213. The van der Waals surface area contributed by atoms with Gasteiger partial charge in [0, 0.05) is 28.5 Å². The molecule has 0 unspecified atom stereocenters. The van der Waals surface area contributed by atoms with Gasteiger partial charge in [0.1, 0.15) is 5.56 Å². The average molecular weight is 539 g/mol. The first-order chi connectivity index (χ1) is 18.6. The molecule has 0 bridgehead atoms. The number of nitriles is 2. The minimum Gasteiger partial charge on any atom is -0.493 e.